The van der Waals surface area contributed by atoms with Crippen LogP contribution in [-0.2, 0) is 4.79 Å². The quantitative estimate of drug-likeness (QED) is 0.750. The number of halogens is 1. The Labute approximate surface area is 158 Å². The molecule has 0 bridgehead atoms. The van der Waals surface area contributed by atoms with Crippen LogP contribution in [0.15, 0.2) is 48.5 Å². The first-order valence-electron chi connectivity index (χ1n) is 9.23. The Bertz CT molecular complexity index is 791. The van der Waals surface area contributed by atoms with E-state index in [1.165, 1.54) is 24.3 Å². The Balaban J connectivity index is 1.57. The van der Waals surface area contributed by atoms with Gasteiger partial charge in [-0.05, 0) is 66.8 Å². The number of nitrogens with zero attached hydrogens (tertiary/aromatic N) is 1. The molecule has 2 aromatic carbocycles. The van der Waals surface area contributed by atoms with Gasteiger partial charge in [-0.2, -0.15) is 0 Å². The van der Waals surface area contributed by atoms with E-state index in [4.69, 9.17) is 4.74 Å². The number of hydrogen-bond acceptors (Lipinski definition) is 3. The number of rotatable bonds is 5. The first-order chi connectivity index (χ1) is 12.9. The van der Waals surface area contributed by atoms with E-state index in [-0.39, 0.29) is 24.1 Å². The van der Waals surface area contributed by atoms with Gasteiger partial charge in [0, 0.05) is 24.2 Å². The first kappa shape index (κ1) is 19.1. The van der Waals surface area contributed by atoms with Gasteiger partial charge in [-0.1, -0.05) is 13.8 Å². The Morgan fingerprint density at radius 3 is 2.04 bits per heavy atom. The largest absolute Gasteiger partial charge is 0.484 e. The number of hydrogen-bond donors (Lipinski definition) is 0. The normalized spacial score (nSPS) is 19.6. The van der Waals surface area contributed by atoms with Crippen LogP contribution in [0.1, 0.15) is 36.2 Å². The van der Waals surface area contributed by atoms with Gasteiger partial charge in [-0.3, -0.25) is 9.59 Å². The van der Waals surface area contributed by atoms with E-state index in [0.29, 0.717) is 28.7 Å². The van der Waals surface area contributed by atoms with Crippen molar-refractivity contribution < 1.29 is 18.7 Å². The maximum Gasteiger partial charge on any atom is 0.260 e. The fourth-order valence-corrected chi connectivity index (χ4v) is 3.57. The number of ether oxygens (including phenoxy) is 1. The van der Waals surface area contributed by atoms with Crippen molar-refractivity contribution in [3.63, 3.8) is 0 Å². The van der Waals surface area contributed by atoms with Gasteiger partial charge in [0.15, 0.2) is 12.4 Å². The lowest BCUT2D eigenvalue weighted by atomic mass is 9.92. The summed E-state index contributed by atoms with van der Waals surface area (Å²) in [5.74, 6) is 0.979. The van der Waals surface area contributed by atoms with E-state index >= 15 is 0 Å². The van der Waals surface area contributed by atoms with Crippen LogP contribution in [0.4, 0.5) is 4.39 Å². The summed E-state index contributed by atoms with van der Waals surface area (Å²) in [6.07, 6.45) is 1.15. The Hall–Kier alpha value is -2.69. The van der Waals surface area contributed by atoms with Crippen LogP contribution >= 0.6 is 0 Å². The summed E-state index contributed by atoms with van der Waals surface area (Å²) >= 11 is 0. The maximum absolute atomic E-state index is 13.0. The highest BCUT2D eigenvalue weighted by atomic mass is 19.1. The second-order valence-electron chi connectivity index (χ2n) is 7.39. The lowest BCUT2D eigenvalue weighted by Crippen LogP contribution is -2.44. The van der Waals surface area contributed by atoms with E-state index in [2.05, 4.69) is 13.8 Å². The number of carbonyl (C=O) groups is 2. The molecule has 0 unspecified atom stereocenters. The highest BCUT2D eigenvalue weighted by Crippen LogP contribution is 2.21. The zero-order valence-corrected chi connectivity index (χ0v) is 15.7. The Morgan fingerprint density at radius 2 is 1.48 bits per heavy atom. The fourth-order valence-electron chi connectivity index (χ4n) is 3.57. The minimum absolute atomic E-state index is 0.00923. The highest BCUT2D eigenvalue weighted by molar-refractivity contribution is 6.09. The number of piperidine rings is 1. The maximum atomic E-state index is 13.0. The smallest absolute Gasteiger partial charge is 0.260 e. The molecule has 2 aromatic rings. The van der Waals surface area contributed by atoms with Crippen LogP contribution in [0.5, 0.6) is 5.75 Å². The predicted molar refractivity (Wildman–Crippen MR) is 101 cm³/mol. The average molecular weight is 369 g/mol. The molecular formula is C22H24FNO3. The van der Waals surface area contributed by atoms with Gasteiger partial charge in [0.25, 0.3) is 5.91 Å². The predicted octanol–water partition coefficient (Wildman–Crippen LogP) is 3.94. The van der Waals surface area contributed by atoms with Gasteiger partial charge < -0.3 is 9.64 Å². The van der Waals surface area contributed by atoms with Gasteiger partial charge in [-0.15, -0.1) is 0 Å². The number of amides is 1. The monoisotopic (exact) mass is 369 g/mol. The van der Waals surface area contributed by atoms with Crippen molar-refractivity contribution in [2.45, 2.75) is 20.3 Å². The summed E-state index contributed by atoms with van der Waals surface area (Å²) in [5.41, 5.74) is 0.910. The third-order valence-electron chi connectivity index (χ3n) is 4.81. The van der Waals surface area contributed by atoms with Crippen molar-refractivity contribution in [1.82, 2.24) is 4.90 Å². The molecule has 1 amide bonds. The summed E-state index contributed by atoms with van der Waals surface area (Å²) in [6, 6.07) is 12.1. The topological polar surface area (TPSA) is 46.6 Å². The lowest BCUT2D eigenvalue weighted by molar-refractivity contribution is -0.136. The molecule has 0 radical (unpaired) electrons. The first-order valence-corrected chi connectivity index (χ1v) is 9.23. The number of ketones is 1. The molecule has 1 aliphatic heterocycles. The third-order valence-corrected chi connectivity index (χ3v) is 4.81. The van der Waals surface area contributed by atoms with E-state index in [0.717, 1.165) is 19.5 Å². The minimum atomic E-state index is -0.377. The molecule has 5 heteroatoms. The van der Waals surface area contributed by atoms with Crippen LogP contribution in [0.25, 0.3) is 0 Å². The van der Waals surface area contributed by atoms with E-state index in [1.807, 2.05) is 4.90 Å². The van der Waals surface area contributed by atoms with Gasteiger partial charge in [0.1, 0.15) is 11.6 Å². The molecule has 1 aliphatic rings. The zero-order chi connectivity index (χ0) is 19.4. The molecule has 0 aromatic heterocycles. The SMILES string of the molecule is C[C@@H]1C[C@@H](C)CN(C(=O)COc2ccc(C(=O)c3ccc(F)cc3)cc2)C1. The van der Waals surface area contributed by atoms with Crippen LogP contribution in [0.2, 0.25) is 0 Å². The van der Waals surface area contributed by atoms with Gasteiger partial charge in [-0.25, -0.2) is 4.39 Å². The standard InChI is InChI=1S/C22H24FNO3/c1-15-11-16(2)13-24(12-15)21(25)14-27-20-9-5-18(6-10-20)22(26)17-3-7-19(23)8-4-17/h3-10,15-16H,11-14H2,1-2H3/t15-,16-/m1/s1. The van der Waals surface area contributed by atoms with Crippen LogP contribution in [-0.4, -0.2) is 36.3 Å². The van der Waals surface area contributed by atoms with Crippen LogP contribution in [0, 0.1) is 17.7 Å². The molecule has 4 nitrogen and oxygen atoms in total. The molecule has 142 valence electrons. The molecule has 1 saturated heterocycles. The molecule has 0 aliphatic carbocycles. The molecule has 0 N–H and O–H groups in total. The van der Waals surface area contributed by atoms with Crippen LogP contribution < -0.4 is 4.74 Å². The Kier molecular flexibility index (Phi) is 5.89. The highest BCUT2D eigenvalue weighted by Gasteiger charge is 2.25. The second kappa shape index (κ2) is 8.33. The molecule has 2 atom stereocenters. The molecular weight excluding hydrogens is 345 g/mol. The van der Waals surface area contributed by atoms with Crippen molar-refractivity contribution >= 4 is 11.7 Å². The van der Waals surface area contributed by atoms with Crippen molar-refractivity contribution in [2.75, 3.05) is 19.7 Å². The third kappa shape index (κ3) is 4.94. The van der Waals surface area contributed by atoms with Crippen molar-refractivity contribution in [1.29, 1.82) is 0 Å². The minimum Gasteiger partial charge on any atom is -0.484 e. The van der Waals surface area contributed by atoms with E-state index < -0.39 is 0 Å². The van der Waals surface area contributed by atoms with Crippen LogP contribution in [0.3, 0.4) is 0 Å². The average Bonchev–Trinajstić information content (AvgIpc) is 2.66. The molecule has 1 heterocycles. The van der Waals surface area contributed by atoms with Crippen molar-refractivity contribution in [2.24, 2.45) is 11.8 Å². The second-order valence-corrected chi connectivity index (χ2v) is 7.39. The summed E-state index contributed by atoms with van der Waals surface area (Å²) in [7, 11) is 0. The summed E-state index contributed by atoms with van der Waals surface area (Å²) in [6.45, 7) is 5.86. The van der Waals surface area contributed by atoms with Crippen molar-refractivity contribution in [3.05, 3.63) is 65.5 Å². The molecule has 0 spiro atoms. The molecule has 0 saturated carbocycles. The number of likely N-dealkylation sites (tertiary alicyclic amines) is 1. The Morgan fingerprint density at radius 1 is 0.963 bits per heavy atom. The molecule has 3 rings (SSSR count). The lowest BCUT2D eigenvalue weighted by Gasteiger charge is -2.34. The van der Waals surface area contributed by atoms with Gasteiger partial charge in [0.2, 0.25) is 0 Å². The number of benzene rings is 2. The van der Waals surface area contributed by atoms with E-state index in [9.17, 15) is 14.0 Å². The summed E-state index contributed by atoms with van der Waals surface area (Å²) in [4.78, 5) is 26.6. The molecule has 1 fully saturated rings. The van der Waals surface area contributed by atoms with Gasteiger partial charge >= 0.3 is 0 Å². The zero-order valence-electron chi connectivity index (χ0n) is 15.7. The number of carbonyl (C=O) groups excluding carboxylic acids is 2. The molecule has 27 heavy (non-hydrogen) atoms. The van der Waals surface area contributed by atoms with E-state index in [1.54, 1.807) is 24.3 Å². The fraction of sp³-hybridized carbons (Fsp3) is 0.364. The van der Waals surface area contributed by atoms with Crippen molar-refractivity contribution in [3.8, 4) is 5.75 Å². The summed E-state index contributed by atoms with van der Waals surface area (Å²) < 4.78 is 18.6. The summed E-state index contributed by atoms with van der Waals surface area (Å²) in [5, 5.41) is 0. The van der Waals surface area contributed by atoms with Gasteiger partial charge in [0.05, 0.1) is 0 Å².